The molecule has 0 radical (unpaired) electrons. The van der Waals surface area contributed by atoms with Gasteiger partial charge in [-0.15, -0.1) is 28.5 Å². The van der Waals surface area contributed by atoms with E-state index in [1.807, 2.05) is 18.4 Å². The van der Waals surface area contributed by atoms with E-state index in [4.69, 9.17) is 0 Å². The molecule has 0 saturated heterocycles. The molecule has 1 amide bonds. The molecule has 10 heteroatoms. The first-order valence-corrected chi connectivity index (χ1v) is 13.2. The van der Waals surface area contributed by atoms with Crippen molar-refractivity contribution in [1.82, 2.24) is 19.5 Å². The molecule has 0 aliphatic heterocycles. The Hall–Kier alpha value is -2.56. The number of nitrogens with one attached hydrogen (secondary N) is 1. The second-order valence-electron chi connectivity index (χ2n) is 7.03. The van der Waals surface area contributed by atoms with E-state index in [-0.39, 0.29) is 10.6 Å². The topological polar surface area (TPSA) is 93.9 Å². The minimum absolute atomic E-state index is 0.0479. The van der Waals surface area contributed by atoms with E-state index in [9.17, 15) is 13.2 Å². The van der Waals surface area contributed by atoms with Gasteiger partial charge in [0.2, 0.25) is 5.91 Å². The molecule has 32 heavy (non-hydrogen) atoms. The highest BCUT2D eigenvalue weighted by Gasteiger charge is 2.19. The van der Waals surface area contributed by atoms with Gasteiger partial charge in [-0.2, -0.15) is 0 Å². The molecule has 7 nitrogen and oxygen atoms in total. The van der Waals surface area contributed by atoms with Crippen LogP contribution in [0.1, 0.15) is 17.0 Å². The smallest absolute Gasteiger partial charge is 0.264 e. The van der Waals surface area contributed by atoms with Crippen molar-refractivity contribution in [1.29, 1.82) is 0 Å². The Labute approximate surface area is 196 Å². The summed E-state index contributed by atoms with van der Waals surface area (Å²) in [7, 11) is -3.91. The average Bonchev–Trinajstić information content (AvgIpc) is 3.14. The van der Waals surface area contributed by atoms with E-state index in [0.717, 1.165) is 28.0 Å². The quantitative estimate of drug-likeness (QED) is 0.341. The first-order chi connectivity index (χ1) is 15.3. The standard InChI is InChI=1S/C22H24N4O3S3/c1-4-13-26-20(14-30-18-9-5-16(2)6-10-18)23-24-22(26)31-15-21(27)25-32(28,29)19-11-7-17(3)8-12-19/h4-12H,1,13-15H2,2-3H3,(H,25,27). The largest absolute Gasteiger partial charge is 0.301 e. The van der Waals surface area contributed by atoms with Gasteiger partial charge in [0.25, 0.3) is 10.0 Å². The Kier molecular flexibility index (Phi) is 8.16. The van der Waals surface area contributed by atoms with Crippen molar-refractivity contribution in [3.05, 3.63) is 78.1 Å². The molecular weight excluding hydrogens is 464 g/mol. The fourth-order valence-electron chi connectivity index (χ4n) is 2.71. The number of hydrogen-bond acceptors (Lipinski definition) is 7. The maximum atomic E-state index is 12.4. The monoisotopic (exact) mass is 488 g/mol. The van der Waals surface area contributed by atoms with Crippen LogP contribution in [-0.4, -0.2) is 34.8 Å². The predicted molar refractivity (Wildman–Crippen MR) is 128 cm³/mol. The molecule has 3 rings (SSSR count). The van der Waals surface area contributed by atoms with E-state index in [1.165, 1.54) is 17.7 Å². The molecule has 1 aromatic heterocycles. The number of sulfonamides is 1. The van der Waals surface area contributed by atoms with Gasteiger partial charge in [0.15, 0.2) is 5.16 Å². The summed E-state index contributed by atoms with van der Waals surface area (Å²) >= 11 is 2.77. The molecule has 0 bridgehead atoms. The highest BCUT2D eigenvalue weighted by molar-refractivity contribution is 8.00. The Morgan fingerprint density at radius 1 is 1.03 bits per heavy atom. The Morgan fingerprint density at radius 3 is 2.28 bits per heavy atom. The van der Waals surface area contributed by atoms with Crippen molar-refractivity contribution in [3.63, 3.8) is 0 Å². The van der Waals surface area contributed by atoms with E-state index < -0.39 is 15.9 Å². The molecule has 2 aromatic carbocycles. The van der Waals surface area contributed by atoms with E-state index in [0.29, 0.717) is 17.5 Å². The third kappa shape index (κ3) is 6.47. The molecule has 0 aliphatic rings. The molecule has 0 spiro atoms. The number of hydrogen-bond donors (Lipinski definition) is 1. The molecular formula is C22H24N4O3S3. The van der Waals surface area contributed by atoms with Crippen molar-refractivity contribution < 1.29 is 13.2 Å². The zero-order valence-corrected chi connectivity index (χ0v) is 20.3. The molecule has 168 valence electrons. The number of nitrogens with zero attached hydrogens (tertiary/aromatic N) is 3. The third-order valence-corrected chi connectivity index (χ3v) is 7.77. The summed E-state index contributed by atoms with van der Waals surface area (Å²) in [6.07, 6.45) is 1.73. The van der Waals surface area contributed by atoms with Crippen molar-refractivity contribution in [3.8, 4) is 0 Å². The number of thioether (sulfide) groups is 2. The average molecular weight is 489 g/mol. The number of rotatable bonds is 10. The van der Waals surface area contributed by atoms with Gasteiger partial charge < -0.3 is 4.57 Å². The highest BCUT2D eigenvalue weighted by Crippen LogP contribution is 2.25. The maximum Gasteiger partial charge on any atom is 0.264 e. The lowest BCUT2D eigenvalue weighted by molar-refractivity contribution is -0.116. The fourth-order valence-corrected chi connectivity index (χ4v) is 5.39. The highest BCUT2D eigenvalue weighted by atomic mass is 32.2. The minimum Gasteiger partial charge on any atom is -0.301 e. The van der Waals surface area contributed by atoms with Crippen molar-refractivity contribution in [2.24, 2.45) is 0 Å². The number of aromatic nitrogens is 3. The van der Waals surface area contributed by atoms with Crippen LogP contribution in [0.3, 0.4) is 0 Å². The van der Waals surface area contributed by atoms with Gasteiger partial charge in [-0.3, -0.25) is 4.79 Å². The van der Waals surface area contributed by atoms with Crippen molar-refractivity contribution >= 4 is 39.5 Å². The molecule has 0 fully saturated rings. The predicted octanol–water partition coefficient (Wildman–Crippen LogP) is 3.97. The van der Waals surface area contributed by atoms with Gasteiger partial charge in [-0.05, 0) is 38.1 Å². The molecule has 0 saturated carbocycles. The number of carbonyl (C=O) groups excluding carboxylic acids is 1. The molecule has 0 atom stereocenters. The van der Waals surface area contributed by atoms with Gasteiger partial charge in [0.1, 0.15) is 5.82 Å². The molecule has 1 heterocycles. The summed E-state index contributed by atoms with van der Waals surface area (Å²) in [5.41, 5.74) is 2.13. The SMILES string of the molecule is C=CCn1c(CSc2ccc(C)cc2)nnc1SCC(=O)NS(=O)(=O)c1ccc(C)cc1. The first kappa shape index (κ1) is 24.1. The number of carbonyl (C=O) groups is 1. The number of allylic oxidation sites excluding steroid dienone is 1. The van der Waals surface area contributed by atoms with Crippen molar-refractivity contribution in [2.75, 3.05) is 5.75 Å². The third-order valence-electron chi connectivity index (χ3n) is 4.41. The fraction of sp³-hybridized carbons (Fsp3) is 0.227. The Balaban J connectivity index is 1.62. The van der Waals surface area contributed by atoms with Crippen LogP contribution in [-0.2, 0) is 27.1 Å². The Bertz CT molecular complexity index is 1190. The maximum absolute atomic E-state index is 12.4. The van der Waals surface area contributed by atoms with Crippen molar-refractivity contribution in [2.45, 2.75) is 41.1 Å². The van der Waals surface area contributed by atoms with Crippen LogP contribution in [0.15, 0.2) is 76.1 Å². The number of amides is 1. The van der Waals surface area contributed by atoms with E-state index in [2.05, 4.69) is 45.8 Å². The summed E-state index contributed by atoms with van der Waals surface area (Å²) in [5, 5.41) is 8.97. The van der Waals surface area contributed by atoms with E-state index >= 15 is 0 Å². The normalized spacial score (nSPS) is 11.3. The van der Waals surface area contributed by atoms with Crippen LogP contribution in [0.2, 0.25) is 0 Å². The minimum atomic E-state index is -3.91. The summed E-state index contributed by atoms with van der Waals surface area (Å²) in [4.78, 5) is 13.5. The van der Waals surface area contributed by atoms with Gasteiger partial charge >= 0.3 is 0 Å². The van der Waals surface area contributed by atoms with Gasteiger partial charge in [0, 0.05) is 11.4 Å². The summed E-state index contributed by atoms with van der Waals surface area (Å²) < 4.78 is 28.8. The molecule has 3 aromatic rings. The summed E-state index contributed by atoms with van der Waals surface area (Å²) in [6, 6.07) is 14.5. The molecule has 0 aliphatic carbocycles. The lowest BCUT2D eigenvalue weighted by Crippen LogP contribution is -2.32. The zero-order valence-electron chi connectivity index (χ0n) is 17.8. The van der Waals surface area contributed by atoms with Gasteiger partial charge in [0.05, 0.1) is 16.4 Å². The van der Waals surface area contributed by atoms with E-state index in [1.54, 1.807) is 30.0 Å². The number of aryl methyl sites for hydroxylation is 2. The van der Waals surface area contributed by atoms with Crippen LogP contribution >= 0.6 is 23.5 Å². The Morgan fingerprint density at radius 2 is 1.66 bits per heavy atom. The first-order valence-electron chi connectivity index (χ1n) is 9.76. The number of benzene rings is 2. The van der Waals surface area contributed by atoms with Crippen LogP contribution in [0.4, 0.5) is 0 Å². The molecule has 0 unspecified atom stereocenters. The van der Waals surface area contributed by atoms with Gasteiger partial charge in [-0.25, -0.2) is 13.1 Å². The second-order valence-corrected chi connectivity index (χ2v) is 10.7. The molecule has 1 N–H and O–H groups in total. The van der Waals surface area contributed by atoms with Crippen LogP contribution in [0.5, 0.6) is 0 Å². The zero-order chi connectivity index (χ0) is 23.1. The van der Waals surface area contributed by atoms with Crippen LogP contribution < -0.4 is 4.72 Å². The summed E-state index contributed by atoms with van der Waals surface area (Å²) in [6.45, 7) is 8.17. The summed E-state index contributed by atoms with van der Waals surface area (Å²) in [5.74, 6) is 0.634. The van der Waals surface area contributed by atoms with Crippen LogP contribution in [0, 0.1) is 13.8 Å². The van der Waals surface area contributed by atoms with Crippen LogP contribution in [0.25, 0.3) is 0 Å². The lowest BCUT2D eigenvalue weighted by atomic mass is 10.2. The van der Waals surface area contributed by atoms with Gasteiger partial charge in [-0.1, -0.05) is 53.2 Å². The lowest BCUT2D eigenvalue weighted by Gasteiger charge is -2.09. The second kappa shape index (κ2) is 10.8.